The van der Waals surface area contributed by atoms with Crippen LogP contribution in [0.4, 0.5) is 5.69 Å². The first-order valence-corrected chi connectivity index (χ1v) is 8.12. The van der Waals surface area contributed by atoms with Crippen molar-refractivity contribution >= 4 is 5.69 Å². The molecule has 0 N–H and O–H groups in total. The summed E-state index contributed by atoms with van der Waals surface area (Å²) in [7, 11) is 4.31. The topological polar surface area (TPSA) is 6.48 Å². The maximum atomic E-state index is 2.60. The Morgan fingerprint density at radius 3 is 2.71 bits per heavy atom. The van der Waals surface area contributed by atoms with Crippen molar-refractivity contribution in [3.8, 4) is 0 Å². The first kappa shape index (κ1) is 14.4. The monoisotopic (exact) mass is 282 g/mol. The predicted molar refractivity (Wildman–Crippen MR) is 90.7 cm³/mol. The normalized spacial score (nSPS) is 17.8. The van der Waals surface area contributed by atoms with Gasteiger partial charge in [-0.3, -0.25) is 0 Å². The second-order valence-electron chi connectivity index (χ2n) is 6.37. The summed E-state index contributed by atoms with van der Waals surface area (Å²) < 4.78 is 0. The molecule has 2 aliphatic rings. The summed E-state index contributed by atoms with van der Waals surface area (Å²) in [5, 5.41) is 0. The van der Waals surface area contributed by atoms with Crippen molar-refractivity contribution in [2.75, 3.05) is 32.1 Å². The zero-order valence-corrected chi connectivity index (χ0v) is 13.3. The number of aryl methyl sites for hydroxylation is 1. The van der Waals surface area contributed by atoms with Crippen LogP contribution in [0.25, 0.3) is 0 Å². The molecule has 1 aliphatic heterocycles. The van der Waals surface area contributed by atoms with Crippen LogP contribution < -0.4 is 4.90 Å². The molecule has 0 spiro atoms. The largest absolute Gasteiger partial charge is 0.345 e. The van der Waals surface area contributed by atoms with Crippen LogP contribution in [0.15, 0.2) is 47.7 Å². The molecular formula is C19H26N2. The van der Waals surface area contributed by atoms with E-state index in [1.165, 1.54) is 30.5 Å². The van der Waals surface area contributed by atoms with Crippen molar-refractivity contribution in [1.82, 2.24) is 4.90 Å². The van der Waals surface area contributed by atoms with Gasteiger partial charge in [-0.25, -0.2) is 0 Å². The Hall–Kier alpha value is -1.54. The summed E-state index contributed by atoms with van der Waals surface area (Å²) in [6.45, 7) is 2.28. The minimum atomic E-state index is 1.10. The highest BCUT2D eigenvalue weighted by Crippen LogP contribution is 2.36. The van der Waals surface area contributed by atoms with Crippen molar-refractivity contribution in [1.29, 1.82) is 0 Å². The fourth-order valence-corrected chi connectivity index (χ4v) is 3.45. The number of para-hydroxylation sites is 1. The molecule has 21 heavy (non-hydrogen) atoms. The summed E-state index contributed by atoms with van der Waals surface area (Å²) in [6.07, 6.45) is 10.5. The van der Waals surface area contributed by atoms with Crippen molar-refractivity contribution in [3.63, 3.8) is 0 Å². The Kier molecular flexibility index (Phi) is 4.45. The van der Waals surface area contributed by atoms with E-state index in [1.807, 2.05) is 0 Å². The average molecular weight is 282 g/mol. The Bertz CT molecular complexity index is 554. The summed E-state index contributed by atoms with van der Waals surface area (Å²) in [4.78, 5) is 4.88. The van der Waals surface area contributed by atoms with Crippen LogP contribution in [0, 0.1) is 0 Å². The molecule has 1 aromatic rings. The van der Waals surface area contributed by atoms with E-state index in [0.29, 0.717) is 0 Å². The molecule has 0 unspecified atom stereocenters. The van der Waals surface area contributed by atoms with E-state index in [9.17, 15) is 0 Å². The van der Waals surface area contributed by atoms with Gasteiger partial charge in [-0.15, -0.1) is 0 Å². The van der Waals surface area contributed by atoms with Gasteiger partial charge in [-0.2, -0.15) is 0 Å². The van der Waals surface area contributed by atoms with Crippen LogP contribution in [0.5, 0.6) is 0 Å². The Labute approximate surface area is 128 Å². The van der Waals surface area contributed by atoms with E-state index in [0.717, 1.165) is 25.9 Å². The first-order valence-electron chi connectivity index (χ1n) is 8.12. The molecule has 0 saturated heterocycles. The van der Waals surface area contributed by atoms with Crippen LogP contribution >= 0.6 is 0 Å². The van der Waals surface area contributed by atoms with Gasteiger partial charge in [0.1, 0.15) is 0 Å². The summed E-state index contributed by atoms with van der Waals surface area (Å²) >= 11 is 0. The average Bonchev–Trinajstić information content (AvgIpc) is 2.65. The van der Waals surface area contributed by atoms with Gasteiger partial charge in [0.15, 0.2) is 0 Å². The smallest absolute Gasteiger partial charge is 0.0440 e. The molecular weight excluding hydrogens is 256 g/mol. The Morgan fingerprint density at radius 2 is 1.86 bits per heavy atom. The molecule has 0 atom stereocenters. The summed E-state index contributed by atoms with van der Waals surface area (Å²) in [5.41, 5.74) is 6.17. The van der Waals surface area contributed by atoms with E-state index in [1.54, 1.807) is 11.3 Å². The lowest BCUT2D eigenvalue weighted by atomic mass is 9.97. The maximum Gasteiger partial charge on any atom is 0.0440 e. The minimum absolute atomic E-state index is 1.10. The molecule has 0 bridgehead atoms. The molecule has 3 rings (SSSR count). The van der Waals surface area contributed by atoms with Gasteiger partial charge in [0.05, 0.1) is 0 Å². The van der Waals surface area contributed by atoms with Crippen LogP contribution in [0.1, 0.15) is 31.2 Å². The van der Waals surface area contributed by atoms with E-state index < -0.39 is 0 Å². The maximum absolute atomic E-state index is 2.60. The molecule has 112 valence electrons. The fourth-order valence-electron chi connectivity index (χ4n) is 3.45. The number of benzene rings is 1. The molecule has 2 heteroatoms. The van der Waals surface area contributed by atoms with Gasteiger partial charge in [0.2, 0.25) is 0 Å². The van der Waals surface area contributed by atoms with Gasteiger partial charge in [-0.05, 0) is 63.5 Å². The van der Waals surface area contributed by atoms with E-state index >= 15 is 0 Å². The van der Waals surface area contributed by atoms with E-state index in [-0.39, 0.29) is 0 Å². The third-order valence-electron chi connectivity index (χ3n) is 4.54. The number of nitrogens with zero attached hydrogens (tertiary/aromatic N) is 2. The second kappa shape index (κ2) is 6.48. The SMILES string of the molecule is CN(C)CCCN1C2=C(CC=CC2)CCc2ccccc21. The molecule has 1 heterocycles. The van der Waals surface area contributed by atoms with Gasteiger partial charge >= 0.3 is 0 Å². The third kappa shape index (κ3) is 3.21. The van der Waals surface area contributed by atoms with Crippen molar-refractivity contribution in [3.05, 3.63) is 53.3 Å². The summed E-state index contributed by atoms with van der Waals surface area (Å²) in [5.74, 6) is 0. The lowest BCUT2D eigenvalue weighted by Gasteiger charge is -2.31. The quantitative estimate of drug-likeness (QED) is 0.770. The molecule has 1 aliphatic carbocycles. The molecule has 0 aromatic heterocycles. The number of hydrogen-bond acceptors (Lipinski definition) is 2. The Balaban J connectivity index is 1.88. The number of fused-ring (bicyclic) bond motifs is 1. The number of allylic oxidation sites excluding steroid dienone is 3. The van der Waals surface area contributed by atoms with Crippen molar-refractivity contribution in [2.45, 2.75) is 32.1 Å². The van der Waals surface area contributed by atoms with Crippen molar-refractivity contribution < 1.29 is 0 Å². The highest BCUT2D eigenvalue weighted by atomic mass is 15.2. The highest BCUT2D eigenvalue weighted by molar-refractivity contribution is 5.61. The number of anilines is 1. The predicted octanol–water partition coefficient (Wildman–Crippen LogP) is 4.00. The molecule has 0 amide bonds. The Morgan fingerprint density at radius 1 is 1.05 bits per heavy atom. The number of rotatable bonds is 4. The van der Waals surface area contributed by atoms with Gasteiger partial charge in [-0.1, -0.05) is 30.4 Å². The molecule has 0 saturated carbocycles. The molecule has 1 aromatic carbocycles. The van der Waals surface area contributed by atoms with Gasteiger partial charge in [0, 0.05) is 24.4 Å². The lowest BCUT2D eigenvalue weighted by molar-refractivity contribution is 0.401. The van der Waals surface area contributed by atoms with Gasteiger partial charge in [0.25, 0.3) is 0 Å². The lowest BCUT2D eigenvalue weighted by Crippen LogP contribution is -2.28. The third-order valence-corrected chi connectivity index (χ3v) is 4.54. The zero-order chi connectivity index (χ0) is 14.7. The minimum Gasteiger partial charge on any atom is -0.345 e. The fraction of sp³-hybridized carbons (Fsp3) is 0.474. The molecule has 2 nitrogen and oxygen atoms in total. The highest BCUT2D eigenvalue weighted by Gasteiger charge is 2.22. The zero-order valence-electron chi connectivity index (χ0n) is 13.3. The molecule has 0 radical (unpaired) electrons. The second-order valence-corrected chi connectivity index (χ2v) is 6.37. The van der Waals surface area contributed by atoms with E-state index in [2.05, 4.69) is 60.3 Å². The number of hydrogen-bond donors (Lipinski definition) is 0. The standard InChI is InChI=1S/C19H26N2/c1-20(2)14-7-15-21-18-10-5-3-8-16(18)12-13-17-9-4-6-11-19(17)21/h3-6,8,10H,7,9,11-15H2,1-2H3. The summed E-state index contributed by atoms with van der Waals surface area (Å²) in [6, 6.07) is 8.97. The van der Waals surface area contributed by atoms with Crippen LogP contribution in [-0.4, -0.2) is 32.1 Å². The van der Waals surface area contributed by atoms with Crippen LogP contribution in [0.3, 0.4) is 0 Å². The van der Waals surface area contributed by atoms with E-state index in [4.69, 9.17) is 0 Å². The van der Waals surface area contributed by atoms with Crippen LogP contribution in [0.2, 0.25) is 0 Å². The van der Waals surface area contributed by atoms with Crippen molar-refractivity contribution in [2.24, 2.45) is 0 Å². The molecule has 0 fully saturated rings. The first-order chi connectivity index (χ1) is 10.3. The van der Waals surface area contributed by atoms with Crippen LogP contribution in [-0.2, 0) is 6.42 Å². The van der Waals surface area contributed by atoms with Gasteiger partial charge < -0.3 is 9.80 Å².